The van der Waals surface area contributed by atoms with Gasteiger partial charge in [-0.3, -0.25) is 4.79 Å². The van der Waals surface area contributed by atoms with Gasteiger partial charge < -0.3 is 24.3 Å². The molecule has 1 amide bonds. The van der Waals surface area contributed by atoms with Crippen LogP contribution in [0.2, 0.25) is 10.0 Å². The lowest BCUT2D eigenvalue weighted by molar-refractivity contribution is -0.115. The third kappa shape index (κ3) is 5.37. The van der Waals surface area contributed by atoms with Crippen molar-refractivity contribution in [2.24, 2.45) is 0 Å². The number of thioether (sulfide) groups is 1. The number of halogens is 2. The standard InChI is InChI=1S/C20H21Cl2N5O5S/c1-10(19(28)23-13-8-15(29-2)11(21)6-17(13)31-4)33-20-24-25-26-27(20)14-9-16(30-3)12(22)7-18(14)32-5/h6-10H,1-5H3,(H,23,28)/t10-/m0/s1. The Bertz CT molecular complexity index is 1160. The molecule has 1 N–H and O–H groups in total. The highest BCUT2D eigenvalue weighted by molar-refractivity contribution is 8.00. The van der Waals surface area contributed by atoms with Gasteiger partial charge in [-0.15, -0.1) is 5.10 Å². The van der Waals surface area contributed by atoms with Crippen LogP contribution in [0, 0.1) is 0 Å². The minimum atomic E-state index is -0.582. The first-order valence-electron chi connectivity index (χ1n) is 9.42. The molecule has 0 radical (unpaired) electrons. The second kappa shape index (κ2) is 10.8. The smallest absolute Gasteiger partial charge is 0.237 e. The van der Waals surface area contributed by atoms with E-state index in [1.54, 1.807) is 31.2 Å². The van der Waals surface area contributed by atoms with Crippen LogP contribution in [0.5, 0.6) is 23.0 Å². The molecule has 0 spiro atoms. The summed E-state index contributed by atoms with van der Waals surface area (Å²) >= 11 is 13.5. The molecule has 1 aromatic heterocycles. The van der Waals surface area contributed by atoms with Crippen molar-refractivity contribution in [1.82, 2.24) is 20.2 Å². The van der Waals surface area contributed by atoms with E-state index in [0.29, 0.717) is 49.6 Å². The van der Waals surface area contributed by atoms with Crippen LogP contribution in [0.15, 0.2) is 29.4 Å². The average Bonchev–Trinajstić information content (AvgIpc) is 3.27. The van der Waals surface area contributed by atoms with Crippen LogP contribution in [0.4, 0.5) is 5.69 Å². The van der Waals surface area contributed by atoms with Gasteiger partial charge in [0, 0.05) is 24.3 Å². The summed E-state index contributed by atoms with van der Waals surface area (Å²) in [7, 11) is 5.97. The van der Waals surface area contributed by atoms with Crippen molar-refractivity contribution in [2.75, 3.05) is 33.8 Å². The first-order chi connectivity index (χ1) is 15.8. The average molecular weight is 514 g/mol. The lowest BCUT2D eigenvalue weighted by atomic mass is 10.2. The maximum Gasteiger partial charge on any atom is 0.237 e. The monoisotopic (exact) mass is 513 g/mol. The normalized spacial score (nSPS) is 11.6. The van der Waals surface area contributed by atoms with Crippen molar-refractivity contribution < 1.29 is 23.7 Å². The number of methoxy groups -OCH3 is 4. The molecule has 1 heterocycles. The molecule has 33 heavy (non-hydrogen) atoms. The van der Waals surface area contributed by atoms with Gasteiger partial charge in [0.2, 0.25) is 11.1 Å². The van der Waals surface area contributed by atoms with Crippen LogP contribution in [-0.2, 0) is 4.79 Å². The second-order valence-electron chi connectivity index (χ2n) is 6.47. The number of anilines is 1. The fourth-order valence-corrected chi connectivity index (χ4v) is 4.08. The van der Waals surface area contributed by atoms with E-state index in [1.165, 1.54) is 33.1 Å². The summed E-state index contributed by atoms with van der Waals surface area (Å²) in [5.74, 6) is 1.35. The zero-order chi connectivity index (χ0) is 24.1. The Hall–Kier alpha value is -2.89. The molecule has 0 aliphatic heterocycles. The summed E-state index contributed by atoms with van der Waals surface area (Å²) in [6, 6.07) is 6.40. The number of tetrazole rings is 1. The van der Waals surface area contributed by atoms with E-state index in [9.17, 15) is 4.79 Å². The highest BCUT2D eigenvalue weighted by Crippen LogP contribution is 2.38. The summed E-state index contributed by atoms with van der Waals surface area (Å²) < 4.78 is 22.7. The number of hydrogen-bond donors (Lipinski definition) is 1. The predicted octanol–water partition coefficient (Wildman–Crippen LogP) is 4.12. The molecule has 0 saturated heterocycles. The van der Waals surface area contributed by atoms with Gasteiger partial charge in [-0.1, -0.05) is 35.0 Å². The third-order valence-electron chi connectivity index (χ3n) is 4.51. The maximum atomic E-state index is 12.9. The van der Waals surface area contributed by atoms with Gasteiger partial charge in [0.25, 0.3) is 0 Å². The van der Waals surface area contributed by atoms with Crippen molar-refractivity contribution in [2.45, 2.75) is 17.3 Å². The zero-order valence-electron chi connectivity index (χ0n) is 18.4. The zero-order valence-corrected chi connectivity index (χ0v) is 20.7. The molecule has 10 nitrogen and oxygen atoms in total. The molecular formula is C20H21Cl2N5O5S. The van der Waals surface area contributed by atoms with Crippen LogP contribution >= 0.6 is 35.0 Å². The summed E-state index contributed by atoms with van der Waals surface area (Å²) in [5, 5.41) is 15.1. The van der Waals surface area contributed by atoms with Gasteiger partial charge in [-0.2, -0.15) is 4.68 Å². The van der Waals surface area contributed by atoms with Gasteiger partial charge in [-0.25, -0.2) is 0 Å². The molecule has 0 fully saturated rings. The van der Waals surface area contributed by atoms with Gasteiger partial charge in [0.1, 0.15) is 28.7 Å². The maximum absolute atomic E-state index is 12.9. The molecule has 0 aliphatic rings. The van der Waals surface area contributed by atoms with Gasteiger partial charge in [-0.05, 0) is 17.4 Å². The highest BCUT2D eigenvalue weighted by Gasteiger charge is 2.23. The number of carbonyl (C=O) groups excluding carboxylic acids is 1. The molecular weight excluding hydrogens is 493 g/mol. The van der Waals surface area contributed by atoms with Crippen molar-refractivity contribution in [3.05, 3.63) is 34.3 Å². The van der Waals surface area contributed by atoms with E-state index in [4.69, 9.17) is 42.1 Å². The molecule has 2 aromatic carbocycles. The van der Waals surface area contributed by atoms with Crippen LogP contribution in [0.1, 0.15) is 6.92 Å². The van der Waals surface area contributed by atoms with E-state index in [0.717, 1.165) is 11.8 Å². The molecule has 0 bridgehead atoms. The van der Waals surface area contributed by atoms with Crippen LogP contribution in [0.3, 0.4) is 0 Å². The largest absolute Gasteiger partial charge is 0.495 e. The molecule has 13 heteroatoms. The Balaban J connectivity index is 1.84. The Morgan fingerprint density at radius 1 is 0.939 bits per heavy atom. The molecule has 3 aromatic rings. The first kappa shape index (κ1) is 24.7. The molecule has 1 atom stereocenters. The summed E-state index contributed by atoms with van der Waals surface area (Å²) in [6.07, 6.45) is 0. The Morgan fingerprint density at radius 3 is 2.12 bits per heavy atom. The molecule has 0 saturated carbocycles. The first-order valence-corrected chi connectivity index (χ1v) is 11.1. The number of nitrogens with one attached hydrogen (secondary N) is 1. The van der Waals surface area contributed by atoms with Gasteiger partial charge >= 0.3 is 0 Å². The molecule has 3 rings (SSSR count). The fraction of sp³-hybridized carbons (Fsp3) is 0.300. The number of rotatable bonds is 9. The van der Waals surface area contributed by atoms with Crippen LogP contribution in [0.25, 0.3) is 5.69 Å². The summed E-state index contributed by atoms with van der Waals surface area (Å²) in [5.41, 5.74) is 0.919. The number of carbonyl (C=O) groups is 1. The van der Waals surface area contributed by atoms with Gasteiger partial charge in [0.15, 0.2) is 0 Å². The Kier molecular flexibility index (Phi) is 8.11. The van der Waals surface area contributed by atoms with Crippen LogP contribution in [-0.4, -0.2) is 59.8 Å². The topological polar surface area (TPSA) is 110 Å². The number of ether oxygens (including phenoxy) is 4. The lowest BCUT2D eigenvalue weighted by Gasteiger charge is -2.16. The highest BCUT2D eigenvalue weighted by atomic mass is 35.5. The van der Waals surface area contributed by atoms with Crippen molar-refractivity contribution in [1.29, 1.82) is 0 Å². The lowest BCUT2D eigenvalue weighted by Crippen LogP contribution is -2.23. The van der Waals surface area contributed by atoms with E-state index in [2.05, 4.69) is 20.8 Å². The Labute approximate surface area is 204 Å². The number of nitrogens with zero attached hydrogens (tertiary/aromatic N) is 4. The van der Waals surface area contributed by atoms with E-state index < -0.39 is 5.25 Å². The van der Waals surface area contributed by atoms with Crippen molar-refractivity contribution >= 4 is 46.6 Å². The van der Waals surface area contributed by atoms with Crippen molar-refractivity contribution in [3.63, 3.8) is 0 Å². The van der Waals surface area contributed by atoms with E-state index in [1.807, 2.05) is 0 Å². The number of hydrogen-bond acceptors (Lipinski definition) is 9. The van der Waals surface area contributed by atoms with Gasteiger partial charge in [0.05, 0.1) is 49.4 Å². The fourth-order valence-electron chi connectivity index (χ4n) is 2.82. The summed E-state index contributed by atoms with van der Waals surface area (Å²) in [4.78, 5) is 12.9. The molecule has 0 unspecified atom stereocenters. The SMILES string of the molecule is COc1cc(NC(=O)[C@H](C)Sc2nnnn2-c2cc(OC)c(Cl)cc2OC)c(OC)cc1Cl. The predicted molar refractivity (Wildman–Crippen MR) is 126 cm³/mol. The van der Waals surface area contributed by atoms with Crippen LogP contribution < -0.4 is 24.3 Å². The van der Waals surface area contributed by atoms with E-state index in [-0.39, 0.29) is 5.91 Å². The third-order valence-corrected chi connectivity index (χ3v) is 6.13. The quantitative estimate of drug-likeness (QED) is 0.422. The molecule has 0 aliphatic carbocycles. The number of amides is 1. The number of aromatic nitrogens is 4. The summed E-state index contributed by atoms with van der Waals surface area (Å²) in [6.45, 7) is 1.72. The van der Waals surface area contributed by atoms with E-state index >= 15 is 0 Å². The number of benzene rings is 2. The minimum Gasteiger partial charge on any atom is -0.495 e. The van der Waals surface area contributed by atoms with Crippen molar-refractivity contribution in [3.8, 4) is 28.7 Å². The Morgan fingerprint density at radius 2 is 1.52 bits per heavy atom. The minimum absolute atomic E-state index is 0.308. The second-order valence-corrected chi connectivity index (χ2v) is 8.59. The molecule has 176 valence electrons.